The van der Waals surface area contributed by atoms with Crippen LogP contribution in [0.5, 0.6) is 0 Å². The number of aromatic nitrogens is 1. The van der Waals surface area contributed by atoms with Crippen LogP contribution in [0.3, 0.4) is 0 Å². The van der Waals surface area contributed by atoms with Gasteiger partial charge in [-0.3, -0.25) is 0 Å². The first-order valence-corrected chi connectivity index (χ1v) is 7.87. The minimum atomic E-state index is -0.487. The molecule has 0 bridgehead atoms. The van der Waals surface area contributed by atoms with E-state index in [1.165, 1.54) is 23.8 Å². The highest BCUT2D eigenvalue weighted by Gasteiger charge is 2.08. The summed E-state index contributed by atoms with van der Waals surface area (Å²) in [5.41, 5.74) is 3.38. The van der Waals surface area contributed by atoms with Crippen molar-refractivity contribution in [3.8, 4) is 11.3 Å². The predicted molar refractivity (Wildman–Crippen MR) is 97.9 cm³/mol. The average Bonchev–Trinajstić information content (AvgIpc) is 3.00. The van der Waals surface area contributed by atoms with Crippen LogP contribution in [0.1, 0.15) is 5.56 Å². The van der Waals surface area contributed by atoms with Crippen LogP contribution >= 0.6 is 23.8 Å². The molecular formula is C17H13ClFN3OS. The lowest BCUT2D eigenvalue weighted by atomic mass is 10.1. The van der Waals surface area contributed by atoms with Crippen molar-refractivity contribution >= 4 is 40.5 Å². The van der Waals surface area contributed by atoms with Crippen molar-refractivity contribution in [1.82, 2.24) is 5.16 Å². The van der Waals surface area contributed by atoms with Gasteiger partial charge in [0.1, 0.15) is 11.5 Å². The van der Waals surface area contributed by atoms with Gasteiger partial charge in [-0.05, 0) is 37.3 Å². The standard InChI is InChI=1S/C17H13ClFN3OS/c1-10-2-4-11(5-3-10)15-9-16(23-22-15)21-17(24)20-12-6-7-14(19)13(18)8-12/h2-9H,1H3,(H2,20,21,24). The molecule has 1 heterocycles. The highest BCUT2D eigenvalue weighted by atomic mass is 35.5. The summed E-state index contributed by atoms with van der Waals surface area (Å²) in [4.78, 5) is 0. The van der Waals surface area contributed by atoms with Gasteiger partial charge in [0.2, 0.25) is 5.88 Å². The summed E-state index contributed by atoms with van der Waals surface area (Å²) in [6.45, 7) is 2.02. The van der Waals surface area contributed by atoms with E-state index in [1.807, 2.05) is 31.2 Å². The topological polar surface area (TPSA) is 50.1 Å². The monoisotopic (exact) mass is 361 g/mol. The predicted octanol–water partition coefficient (Wildman–Crippen LogP) is 5.25. The lowest BCUT2D eigenvalue weighted by molar-refractivity contribution is 0.438. The summed E-state index contributed by atoms with van der Waals surface area (Å²) in [6, 6.07) is 13.9. The molecule has 0 aliphatic carbocycles. The van der Waals surface area contributed by atoms with Crippen LogP contribution in [0, 0.1) is 12.7 Å². The second-order valence-electron chi connectivity index (χ2n) is 5.15. The lowest BCUT2D eigenvalue weighted by Gasteiger charge is -2.08. The summed E-state index contributed by atoms with van der Waals surface area (Å²) in [7, 11) is 0. The molecule has 0 aliphatic heterocycles. The van der Waals surface area contributed by atoms with E-state index in [0.29, 0.717) is 17.3 Å². The Balaban J connectivity index is 1.66. The fourth-order valence-corrected chi connectivity index (χ4v) is 2.44. The fraction of sp³-hybridized carbons (Fsp3) is 0.0588. The molecule has 0 aliphatic rings. The Labute approximate surface area is 148 Å². The number of aryl methyl sites for hydroxylation is 1. The van der Waals surface area contributed by atoms with Crippen molar-refractivity contribution in [2.75, 3.05) is 10.6 Å². The third kappa shape index (κ3) is 3.90. The molecule has 122 valence electrons. The van der Waals surface area contributed by atoms with E-state index in [9.17, 15) is 4.39 Å². The minimum absolute atomic E-state index is 0.0177. The van der Waals surface area contributed by atoms with Crippen LogP contribution in [0.2, 0.25) is 5.02 Å². The molecule has 0 unspecified atom stereocenters. The van der Waals surface area contributed by atoms with Crippen molar-refractivity contribution in [3.05, 3.63) is 64.9 Å². The van der Waals surface area contributed by atoms with E-state index in [1.54, 1.807) is 6.07 Å². The third-order valence-electron chi connectivity index (χ3n) is 3.27. The first kappa shape index (κ1) is 16.4. The van der Waals surface area contributed by atoms with E-state index in [4.69, 9.17) is 28.3 Å². The number of halogens is 2. The van der Waals surface area contributed by atoms with Crippen molar-refractivity contribution in [2.45, 2.75) is 6.92 Å². The van der Waals surface area contributed by atoms with Crippen molar-refractivity contribution in [3.63, 3.8) is 0 Å². The quantitative estimate of drug-likeness (QED) is 0.624. The zero-order valence-electron chi connectivity index (χ0n) is 12.6. The van der Waals surface area contributed by atoms with Crippen molar-refractivity contribution in [2.24, 2.45) is 0 Å². The number of hydrogen-bond donors (Lipinski definition) is 2. The maximum atomic E-state index is 13.1. The summed E-state index contributed by atoms with van der Waals surface area (Å²) < 4.78 is 18.4. The van der Waals surface area contributed by atoms with E-state index < -0.39 is 5.82 Å². The third-order valence-corrected chi connectivity index (χ3v) is 3.77. The molecule has 1 aromatic heterocycles. The van der Waals surface area contributed by atoms with Gasteiger partial charge in [-0.2, -0.15) is 0 Å². The molecule has 2 aromatic carbocycles. The van der Waals surface area contributed by atoms with Gasteiger partial charge < -0.3 is 15.2 Å². The number of nitrogens with zero attached hydrogens (tertiary/aromatic N) is 1. The van der Waals surface area contributed by atoms with Crippen LogP contribution in [-0.2, 0) is 0 Å². The molecular weight excluding hydrogens is 349 g/mol. The molecule has 3 aromatic rings. The number of rotatable bonds is 3. The van der Waals surface area contributed by atoms with E-state index in [2.05, 4.69) is 15.8 Å². The SMILES string of the molecule is Cc1ccc(-c2cc(NC(=S)Nc3ccc(F)c(Cl)c3)on2)cc1. The van der Waals surface area contributed by atoms with E-state index in [-0.39, 0.29) is 10.1 Å². The van der Waals surface area contributed by atoms with Gasteiger partial charge in [0.05, 0.1) is 5.02 Å². The van der Waals surface area contributed by atoms with Gasteiger partial charge in [0, 0.05) is 17.3 Å². The average molecular weight is 362 g/mol. The molecule has 0 radical (unpaired) electrons. The summed E-state index contributed by atoms with van der Waals surface area (Å²) in [5.74, 6) is -0.0876. The first-order chi connectivity index (χ1) is 11.5. The first-order valence-electron chi connectivity index (χ1n) is 7.08. The van der Waals surface area contributed by atoms with Crippen LogP contribution in [-0.4, -0.2) is 10.3 Å². The van der Waals surface area contributed by atoms with Crippen LogP contribution in [0.15, 0.2) is 53.1 Å². The normalized spacial score (nSPS) is 10.5. The maximum Gasteiger partial charge on any atom is 0.231 e. The number of hydrogen-bond acceptors (Lipinski definition) is 3. The van der Waals surface area contributed by atoms with Crippen molar-refractivity contribution < 1.29 is 8.91 Å². The zero-order chi connectivity index (χ0) is 17.1. The number of anilines is 2. The molecule has 3 rings (SSSR count). The maximum absolute atomic E-state index is 13.1. The minimum Gasteiger partial charge on any atom is -0.338 e. The molecule has 0 spiro atoms. The van der Waals surface area contributed by atoms with Crippen molar-refractivity contribution in [1.29, 1.82) is 0 Å². The number of thiocarbonyl (C=S) groups is 1. The Bertz CT molecular complexity index is 880. The van der Waals surface area contributed by atoms with E-state index >= 15 is 0 Å². The molecule has 24 heavy (non-hydrogen) atoms. The van der Waals surface area contributed by atoms with Gasteiger partial charge in [0.15, 0.2) is 5.11 Å². The second-order valence-corrected chi connectivity index (χ2v) is 5.97. The molecule has 0 fully saturated rings. The van der Waals surface area contributed by atoms with Gasteiger partial charge >= 0.3 is 0 Å². The summed E-state index contributed by atoms with van der Waals surface area (Å²) in [6.07, 6.45) is 0. The smallest absolute Gasteiger partial charge is 0.231 e. The summed E-state index contributed by atoms with van der Waals surface area (Å²) >= 11 is 10.9. The van der Waals surface area contributed by atoms with Gasteiger partial charge in [-0.15, -0.1) is 0 Å². The fourth-order valence-electron chi connectivity index (χ4n) is 2.04. The molecule has 4 nitrogen and oxygen atoms in total. The molecule has 0 amide bonds. The molecule has 0 saturated heterocycles. The Morgan fingerprint density at radius 3 is 2.58 bits per heavy atom. The van der Waals surface area contributed by atoms with Crippen LogP contribution < -0.4 is 10.6 Å². The van der Waals surface area contributed by atoms with Crippen LogP contribution in [0.25, 0.3) is 11.3 Å². The van der Waals surface area contributed by atoms with Crippen LogP contribution in [0.4, 0.5) is 16.0 Å². The Hall–Kier alpha value is -2.44. The molecule has 0 saturated carbocycles. The highest BCUT2D eigenvalue weighted by molar-refractivity contribution is 7.80. The molecule has 2 N–H and O–H groups in total. The second kappa shape index (κ2) is 6.98. The van der Waals surface area contributed by atoms with Gasteiger partial charge in [0.25, 0.3) is 0 Å². The Morgan fingerprint density at radius 1 is 1.12 bits per heavy atom. The number of nitrogens with one attached hydrogen (secondary N) is 2. The molecule has 0 atom stereocenters. The number of benzene rings is 2. The van der Waals surface area contributed by atoms with Gasteiger partial charge in [-0.1, -0.05) is 46.6 Å². The Morgan fingerprint density at radius 2 is 1.88 bits per heavy atom. The Kier molecular flexibility index (Phi) is 4.78. The molecule has 7 heteroatoms. The van der Waals surface area contributed by atoms with E-state index in [0.717, 1.165) is 5.56 Å². The largest absolute Gasteiger partial charge is 0.338 e. The summed E-state index contributed by atoms with van der Waals surface area (Å²) in [5, 5.41) is 10.1. The van der Waals surface area contributed by atoms with Gasteiger partial charge in [-0.25, -0.2) is 4.39 Å². The highest BCUT2D eigenvalue weighted by Crippen LogP contribution is 2.23. The lowest BCUT2D eigenvalue weighted by Crippen LogP contribution is -2.18. The zero-order valence-corrected chi connectivity index (χ0v) is 14.2.